The average Bonchev–Trinajstić information content (AvgIpc) is 2.65. The molecule has 0 aromatic rings. The molecule has 152 valence electrons. The highest BCUT2D eigenvalue weighted by atomic mass is 16.5. The molecule has 1 amide bonds. The summed E-state index contributed by atoms with van der Waals surface area (Å²) in [5, 5.41) is 5.92. The van der Waals surface area contributed by atoms with Gasteiger partial charge in [-0.3, -0.25) is 10.1 Å². The van der Waals surface area contributed by atoms with Crippen LogP contribution >= 0.6 is 0 Å². The second kappa shape index (κ2) is 20.2. The molecule has 0 rings (SSSR count). The maximum atomic E-state index is 12.4. The Labute approximate surface area is 161 Å². The maximum absolute atomic E-state index is 12.4. The molecule has 26 heavy (non-hydrogen) atoms. The van der Waals surface area contributed by atoms with Crippen molar-refractivity contribution in [3.8, 4) is 0 Å². The lowest BCUT2D eigenvalue weighted by atomic mass is 9.99. The normalized spacial score (nSPS) is 12.9. The zero-order chi connectivity index (χ0) is 19.3. The first-order chi connectivity index (χ1) is 12.8. The van der Waals surface area contributed by atoms with Gasteiger partial charge in [-0.2, -0.15) is 0 Å². The number of hydrogen-bond acceptors (Lipinski definition) is 3. The van der Waals surface area contributed by atoms with Crippen molar-refractivity contribution >= 4 is 5.91 Å². The molecule has 4 nitrogen and oxygen atoms in total. The molecule has 0 bridgehead atoms. The van der Waals surface area contributed by atoms with Gasteiger partial charge >= 0.3 is 0 Å². The molecule has 2 N–H and O–H groups in total. The van der Waals surface area contributed by atoms with Crippen LogP contribution in [0.4, 0.5) is 0 Å². The summed E-state index contributed by atoms with van der Waals surface area (Å²) in [6.45, 7) is 6.06. The van der Waals surface area contributed by atoms with Crippen LogP contribution in [0.5, 0.6) is 0 Å². The second-order valence-corrected chi connectivity index (χ2v) is 6.78. The first-order valence-corrected chi connectivity index (χ1v) is 10.6. The van der Waals surface area contributed by atoms with Crippen molar-refractivity contribution in [3.63, 3.8) is 0 Å². The number of unbranched alkanes of at least 4 members (excludes halogenated alkanes) is 6. The lowest BCUT2D eigenvalue weighted by Gasteiger charge is -2.13. The lowest BCUT2D eigenvalue weighted by molar-refractivity contribution is -0.124. The van der Waals surface area contributed by atoms with Crippen LogP contribution in [0.1, 0.15) is 78.1 Å². The van der Waals surface area contributed by atoms with Gasteiger partial charge in [-0.05, 0) is 32.7 Å². The standard InChI is InChI=1S/C22H42N2O2/c1-4-6-8-10-11-12-13-15-17-21(16-14-9-7-5-2)22(25)24-18-19-26-20-23-3/h11-12,15,17,21,23H,4-10,13-14,16,18-20H2,1-3H3,(H,24,25). The van der Waals surface area contributed by atoms with Crippen LogP contribution in [-0.2, 0) is 9.53 Å². The fourth-order valence-electron chi connectivity index (χ4n) is 2.71. The van der Waals surface area contributed by atoms with Gasteiger partial charge in [0.25, 0.3) is 0 Å². The Morgan fingerprint density at radius 2 is 1.77 bits per heavy atom. The Morgan fingerprint density at radius 1 is 1.00 bits per heavy atom. The Hall–Kier alpha value is -1.13. The Morgan fingerprint density at radius 3 is 2.50 bits per heavy atom. The van der Waals surface area contributed by atoms with E-state index in [-0.39, 0.29) is 11.8 Å². The fourth-order valence-corrected chi connectivity index (χ4v) is 2.71. The number of amides is 1. The van der Waals surface area contributed by atoms with Crippen LogP contribution in [0.3, 0.4) is 0 Å². The Balaban J connectivity index is 4.21. The summed E-state index contributed by atoms with van der Waals surface area (Å²) in [7, 11) is 1.84. The van der Waals surface area contributed by atoms with Gasteiger partial charge in [-0.25, -0.2) is 0 Å². The van der Waals surface area contributed by atoms with E-state index in [2.05, 4.69) is 48.8 Å². The molecule has 0 aliphatic carbocycles. The topological polar surface area (TPSA) is 50.4 Å². The van der Waals surface area contributed by atoms with Crippen LogP contribution in [-0.4, -0.2) is 32.8 Å². The Bertz CT molecular complexity index is 367. The third-order valence-corrected chi connectivity index (χ3v) is 4.28. The van der Waals surface area contributed by atoms with Crippen LogP contribution in [0.2, 0.25) is 0 Å². The molecule has 0 aliphatic heterocycles. The fraction of sp³-hybridized carbons (Fsp3) is 0.773. The molecule has 1 unspecified atom stereocenters. The van der Waals surface area contributed by atoms with Gasteiger partial charge < -0.3 is 10.1 Å². The number of carbonyl (C=O) groups is 1. The van der Waals surface area contributed by atoms with Crippen molar-refractivity contribution in [2.75, 3.05) is 26.9 Å². The van der Waals surface area contributed by atoms with Gasteiger partial charge in [-0.15, -0.1) is 0 Å². The number of carbonyl (C=O) groups excluding carboxylic acids is 1. The number of rotatable bonds is 18. The third-order valence-electron chi connectivity index (χ3n) is 4.28. The molecule has 4 heteroatoms. The van der Waals surface area contributed by atoms with Crippen LogP contribution < -0.4 is 10.6 Å². The zero-order valence-electron chi connectivity index (χ0n) is 17.4. The SMILES string of the molecule is CCCCCC=CCC=CC(CCCCCC)C(=O)NCCOCNC. The van der Waals surface area contributed by atoms with Crippen LogP contribution in [0.25, 0.3) is 0 Å². The van der Waals surface area contributed by atoms with Crippen molar-refractivity contribution < 1.29 is 9.53 Å². The van der Waals surface area contributed by atoms with Gasteiger partial charge in [0, 0.05) is 6.54 Å². The summed E-state index contributed by atoms with van der Waals surface area (Å²) in [5.74, 6) is 0.0994. The minimum absolute atomic E-state index is 0.0235. The summed E-state index contributed by atoms with van der Waals surface area (Å²) in [5.41, 5.74) is 0. The molecule has 0 spiro atoms. The summed E-state index contributed by atoms with van der Waals surface area (Å²) >= 11 is 0. The predicted octanol–water partition coefficient (Wildman–Crippen LogP) is 4.97. The van der Waals surface area contributed by atoms with Crippen LogP contribution in [0, 0.1) is 5.92 Å². The second-order valence-electron chi connectivity index (χ2n) is 6.78. The summed E-state index contributed by atoms with van der Waals surface area (Å²) in [6, 6.07) is 0. The monoisotopic (exact) mass is 366 g/mol. The number of hydrogen-bond donors (Lipinski definition) is 2. The molecule has 1 atom stereocenters. The highest BCUT2D eigenvalue weighted by Crippen LogP contribution is 2.13. The number of allylic oxidation sites excluding steroid dienone is 3. The summed E-state index contributed by atoms with van der Waals surface area (Å²) in [6.07, 6.45) is 20.3. The maximum Gasteiger partial charge on any atom is 0.226 e. The summed E-state index contributed by atoms with van der Waals surface area (Å²) < 4.78 is 5.33. The first-order valence-electron chi connectivity index (χ1n) is 10.6. The third kappa shape index (κ3) is 16.3. The molecule has 0 aromatic heterocycles. The largest absolute Gasteiger partial charge is 0.364 e. The van der Waals surface area contributed by atoms with E-state index in [1.165, 1.54) is 38.5 Å². The van der Waals surface area contributed by atoms with Crippen molar-refractivity contribution in [1.82, 2.24) is 10.6 Å². The minimum Gasteiger partial charge on any atom is -0.364 e. The quantitative estimate of drug-likeness (QED) is 0.205. The van der Waals surface area contributed by atoms with Gasteiger partial charge in [-0.1, -0.05) is 76.7 Å². The van der Waals surface area contributed by atoms with Gasteiger partial charge in [0.15, 0.2) is 0 Å². The van der Waals surface area contributed by atoms with E-state index in [0.29, 0.717) is 19.9 Å². The van der Waals surface area contributed by atoms with E-state index in [1.807, 2.05) is 7.05 Å². The molecule has 0 aromatic carbocycles. The molecule has 0 saturated heterocycles. The number of nitrogens with one attached hydrogen (secondary N) is 2. The van der Waals surface area contributed by atoms with Gasteiger partial charge in [0.05, 0.1) is 19.3 Å². The van der Waals surface area contributed by atoms with E-state index in [1.54, 1.807) is 0 Å². The first kappa shape index (κ1) is 24.9. The highest BCUT2D eigenvalue weighted by Gasteiger charge is 2.14. The summed E-state index contributed by atoms with van der Waals surface area (Å²) in [4.78, 5) is 12.4. The van der Waals surface area contributed by atoms with Gasteiger partial charge in [0.1, 0.15) is 0 Å². The van der Waals surface area contributed by atoms with E-state index in [4.69, 9.17) is 4.74 Å². The lowest BCUT2D eigenvalue weighted by Crippen LogP contribution is -2.33. The molecule has 0 radical (unpaired) electrons. The van der Waals surface area contributed by atoms with Crippen molar-refractivity contribution in [2.45, 2.75) is 78.1 Å². The molecular formula is C22H42N2O2. The van der Waals surface area contributed by atoms with E-state index in [0.717, 1.165) is 25.7 Å². The predicted molar refractivity (Wildman–Crippen MR) is 112 cm³/mol. The molecule has 0 heterocycles. The molecule has 0 saturated carbocycles. The molecule has 0 aliphatic rings. The van der Waals surface area contributed by atoms with E-state index < -0.39 is 0 Å². The number of ether oxygens (including phenoxy) is 1. The van der Waals surface area contributed by atoms with E-state index in [9.17, 15) is 4.79 Å². The zero-order valence-corrected chi connectivity index (χ0v) is 17.4. The molecule has 0 fully saturated rings. The van der Waals surface area contributed by atoms with Crippen molar-refractivity contribution in [1.29, 1.82) is 0 Å². The van der Waals surface area contributed by atoms with Crippen LogP contribution in [0.15, 0.2) is 24.3 Å². The molecular weight excluding hydrogens is 324 g/mol. The van der Waals surface area contributed by atoms with E-state index >= 15 is 0 Å². The van der Waals surface area contributed by atoms with Crippen molar-refractivity contribution in [2.24, 2.45) is 5.92 Å². The minimum atomic E-state index is -0.0235. The highest BCUT2D eigenvalue weighted by molar-refractivity contribution is 5.80. The van der Waals surface area contributed by atoms with Crippen molar-refractivity contribution in [3.05, 3.63) is 24.3 Å². The Kier molecular flexibility index (Phi) is 19.3. The smallest absolute Gasteiger partial charge is 0.226 e. The van der Waals surface area contributed by atoms with Gasteiger partial charge in [0.2, 0.25) is 5.91 Å². The average molecular weight is 367 g/mol.